The van der Waals surface area contributed by atoms with Crippen LogP contribution < -0.4 is 5.32 Å². The van der Waals surface area contributed by atoms with Crippen molar-refractivity contribution in [3.05, 3.63) is 52.8 Å². The first-order valence-corrected chi connectivity index (χ1v) is 8.52. The Morgan fingerprint density at radius 2 is 2.17 bits per heavy atom. The van der Waals surface area contributed by atoms with Gasteiger partial charge in [-0.3, -0.25) is 4.79 Å². The first-order chi connectivity index (χ1) is 11.6. The normalized spacial score (nSPS) is 10.8. The van der Waals surface area contributed by atoms with Gasteiger partial charge in [-0.05, 0) is 31.2 Å². The molecule has 2 aromatic carbocycles. The smallest absolute Gasteiger partial charge is 0.310 e. The molecular weight excluding hydrogens is 351 g/mol. The van der Waals surface area contributed by atoms with E-state index in [1.807, 2.05) is 24.3 Å². The average molecular weight is 365 g/mol. The number of benzene rings is 2. The Bertz CT molecular complexity index is 864. The molecule has 0 unspecified atom stereocenters. The number of nitrogens with zero attached hydrogens (tertiary/aromatic N) is 1. The summed E-state index contributed by atoms with van der Waals surface area (Å²) in [5.74, 6) is -1.00. The minimum atomic E-state index is -0.518. The molecule has 7 heteroatoms. The van der Waals surface area contributed by atoms with Crippen molar-refractivity contribution >= 4 is 49.9 Å². The Morgan fingerprint density at radius 1 is 1.38 bits per heavy atom. The fourth-order valence-electron chi connectivity index (χ4n) is 2.23. The average Bonchev–Trinajstić information content (AvgIpc) is 2.94. The molecule has 0 radical (unpaired) electrons. The van der Waals surface area contributed by atoms with Crippen LogP contribution in [0.4, 0.5) is 15.2 Å². The Kier molecular flexibility index (Phi) is 4.97. The predicted molar refractivity (Wildman–Crippen MR) is 94.6 cm³/mol. The number of carbonyl (C=O) groups excluding carboxylic acids is 1. The van der Waals surface area contributed by atoms with Crippen LogP contribution in [-0.4, -0.2) is 17.6 Å². The molecule has 124 valence electrons. The van der Waals surface area contributed by atoms with Crippen LogP contribution in [0.3, 0.4) is 0 Å². The lowest BCUT2D eigenvalue weighted by Crippen LogP contribution is -2.09. The maximum absolute atomic E-state index is 14.2. The molecule has 0 aliphatic rings. The number of aromatic nitrogens is 1. The molecule has 0 atom stereocenters. The minimum absolute atomic E-state index is 0.152. The molecule has 4 nitrogen and oxygen atoms in total. The maximum Gasteiger partial charge on any atom is 0.310 e. The van der Waals surface area contributed by atoms with Gasteiger partial charge in [-0.2, -0.15) is 0 Å². The number of hydrogen-bond acceptors (Lipinski definition) is 5. The first-order valence-electron chi connectivity index (χ1n) is 7.33. The number of rotatable bonds is 5. The number of hydrogen-bond donors (Lipinski definition) is 1. The quantitative estimate of drug-likeness (QED) is 0.651. The molecule has 3 aromatic rings. The van der Waals surface area contributed by atoms with Crippen molar-refractivity contribution in [2.45, 2.75) is 13.3 Å². The highest BCUT2D eigenvalue weighted by Gasteiger charge is 2.14. The van der Waals surface area contributed by atoms with E-state index in [0.29, 0.717) is 15.8 Å². The summed E-state index contributed by atoms with van der Waals surface area (Å²) in [4.78, 5) is 15.9. The maximum atomic E-state index is 14.2. The van der Waals surface area contributed by atoms with Crippen molar-refractivity contribution in [1.82, 2.24) is 4.98 Å². The van der Waals surface area contributed by atoms with E-state index in [9.17, 15) is 9.18 Å². The van der Waals surface area contributed by atoms with Crippen molar-refractivity contribution < 1.29 is 13.9 Å². The van der Waals surface area contributed by atoms with Gasteiger partial charge in [0.05, 0.1) is 34.0 Å². The van der Waals surface area contributed by atoms with Crippen LogP contribution in [0.15, 0.2) is 36.4 Å². The van der Waals surface area contributed by atoms with Gasteiger partial charge in [0, 0.05) is 5.56 Å². The zero-order valence-electron chi connectivity index (χ0n) is 12.8. The number of thiazole rings is 1. The molecule has 0 aliphatic heterocycles. The summed E-state index contributed by atoms with van der Waals surface area (Å²) in [5, 5.41) is 3.96. The molecule has 1 aromatic heterocycles. The van der Waals surface area contributed by atoms with Crippen molar-refractivity contribution in [2.75, 3.05) is 11.9 Å². The second-order valence-corrected chi connectivity index (χ2v) is 6.45. The van der Waals surface area contributed by atoms with E-state index in [1.165, 1.54) is 23.5 Å². The molecule has 1 N–H and O–H groups in total. The lowest BCUT2D eigenvalue weighted by Gasteiger charge is -2.09. The van der Waals surface area contributed by atoms with Gasteiger partial charge in [-0.1, -0.05) is 35.1 Å². The number of fused-ring (bicyclic) bond motifs is 1. The summed E-state index contributed by atoms with van der Waals surface area (Å²) >= 11 is 7.66. The molecule has 0 saturated carbocycles. The lowest BCUT2D eigenvalue weighted by atomic mass is 10.1. The van der Waals surface area contributed by atoms with Crippen LogP contribution in [-0.2, 0) is 16.0 Å². The van der Waals surface area contributed by atoms with Gasteiger partial charge in [0.2, 0.25) is 0 Å². The van der Waals surface area contributed by atoms with E-state index >= 15 is 0 Å². The SMILES string of the molecule is CCOC(=O)Cc1cc(Cl)c(Nc2nc3ccccc3s2)cc1F. The molecule has 0 aliphatic carbocycles. The largest absolute Gasteiger partial charge is 0.466 e. The summed E-state index contributed by atoms with van der Waals surface area (Å²) < 4.78 is 20.1. The van der Waals surface area contributed by atoms with Crippen molar-refractivity contribution in [1.29, 1.82) is 0 Å². The third-order valence-corrected chi connectivity index (χ3v) is 4.58. The Hall–Kier alpha value is -2.18. The fourth-order valence-corrected chi connectivity index (χ4v) is 3.34. The van der Waals surface area contributed by atoms with Crippen LogP contribution in [0.1, 0.15) is 12.5 Å². The van der Waals surface area contributed by atoms with Gasteiger partial charge in [0.25, 0.3) is 0 Å². The lowest BCUT2D eigenvalue weighted by molar-refractivity contribution is -0.142. The predicted octanol–water partition coefficient (Wildman–Crippen LogP) is 4.94. The summed E-state index contributed by atoms with van der Waals surface area (Å²) in [6.07, 6.45) is -0.152. The van der Waals surface area contributed by atoms with Crippen molar-refractivity contribution in [3.8, 4) is 0 Å². The van der Waals surface area contributed by atoms with Crippen LogP contribution in [0.25, 0.3) is 10.2 Å². The molecule has 0 amide bonds. The standard InChI is InChI=1S/C17H14ClFN2O2S/c1-2-23-16(22)8-10-7-11(18)14(9-12(10)19)21-17-20-13-5-3-4-6-15(13)24-17/h3-7,9H,2,8H2,1H3,(H,20,21). The minimum Gasteiger partial charge on any atom is -0.466 e. The van der Waals surface area contributed by atoms with Crippen LogP contribution >= 0.6 is 22.9 Å². The molecule has 3 rings (SSSR count). The molecular formula is C17H14ClFN2O2S. The highest BCUT2D eigenvalue weighted by Crippen LogP contribution is 2.32. The Labute approximate surface area is 147 Å². The number of carbonyl (C=O) groups is 1. The van der Waals surface area contributed by atoms with Gasteiger partial charge >= 0.3 is 5.97 Å². The highest BCUT2D eigenvalue weighted by atomic mass is 35.5. The van der Waals surface area contributed by atoms with E-state index in [1.54, 1.807) is 6.92 Å². The van der Waals surface area contributed by atoms with Gasteiger partial charge in [-0.25, -0.2) is 9.37 Å². The second-order valence-electron chi connectivity index (χ2n) is 5.02. The summed E-state index contributed by atoms with van der Waals surface area (Å²) in [7, 11) is 0. The fraction of sp³-hybridized carbons (Fsp3) is 0.176. The van der Waals surface area contributed by atoms with Gasteiger partial charge in [-0.15, -0.1) is 0 Å². The molecule has 24 heavy (non-hydrogen) atoms. The van der Waals surface area contributed by atoms with Gasteiger partial charge in [0.1, 0.15) is 5.82 Å². The van der Waals surface area contributed by atoms with E-state index in [0.717, 1.165) is 10.2 Å². The molecule has 0 bridgehead atoms. The van der Waals surface area contributed by atoms with Gasteiger partial charge in [0.15, 0.2) is 5.13 Å². The second kappa shape index (κ2) is 7.15. The Morgan fingerprint density at radius 3 is 2.92 bits per heavy atom. The number of nitrogens with one attached hydrogen (secondary N) is 1. The van der Waals surface area contributed by atoms with E-state index in [-0.39, 0.29) is 18.6 Å². The summed E-state index contributed by atoms with van der Waals surface area (Å²) in [6, 6.07) is 10.4. The number of para-hydroxylation sites is 1. The van der Waals surface area contributed by atoms with Gasteiger partial charge < -0.3 is 10.1 Å². The Balaban J connectivity index is 1.83. The van der Waals surface area contributed by atoms with E-state index in [4.69, 9.17) is 16.3 Å². The molecule has 0 fully saturated rings. The number of halogens is 2. The van der Waals surface area contributed by atoms with Crippen LogP contribution in [0.2, 0.25) is 5.02 Å². The number of esters is 1. The highest BCUT2D eigenvalue weighted by molar-refractivity contribution is 7.22. The number of ether oxygens (including phenoxy) is 1. The molecule has 0 saturated heterocycles. The van der Waals surface area contributed by atoms with Crippen LogP contribution in [0, 0.1) is 5.82 Å². The molecule has 0 spiro atoms. The monoisotopic (exact) mass is 364 g/mol. The van der Waals surface area contributed by atoms with Crippen molar-refractivity contribution in [2.24, 2.45) is 0 Å². The number of anilines is 2. The third kappa shape index (κ3) is 3.66. The zero-order chi connectivity index (χ0) is 17.1. The van der Waals surface area contributed by atoms with E-state index in [2.05, 4.69) is 10.3 Å². The third-order valence-electron chi connectivity index (χ3n) is 3.31. The topological polar surface area (TPSA) is 51.2 Å². The van der Waals surface area contributed by atoms with Crippen LogP contribution in [0.5, 0.6) is 0 Å². The first kappa shape index (κ1) is 16.7. The summed E-state index contributed by atoms with van der Waals surface area (Å²) in [5.41, 5.74) is 1.47. The molecule has 1 heterocycles. The zero-order valence-corrected chi connectivity index (χ0v) is 14.4. The summed E-state index contributed by atoms with van der Waals surface area (Å²) in [6.45, 7) is 1.96. The van der Waals surface area contributed by atoms with Crippen molar-refractivity contribution in [3.63, 3.8) is 0 Å². The van der Waals surface area contributed by atoms with E-state index < -0.39 is 11.8 Å².